The molecule has 0 heterocycles. The van der Waals surface area contributed by atoms with Crippen LogP contribution in [0.3, 0.4) is 0 Å². The van der Waals surface area contributed by atoms with Crippen molar-refractivity contribution in [3.63, 3.8) is 0 Å². The van der Waals surface area contributed by atoms with Crippen molar-refractivity contribution in [3.8, 4) is 0 Å². The molecule has 0 aliphatic heterocycles. The van der Waals surface area contributed by atoms with E-state index in [1.165, 1.54) is 14.2 Å². The van der Waals surface area contributed by atoms with Gasteiger partial charge in [0.2, 0.25) is 0 Å². The lowest BCUT2D eigenvalue weighted by Gasteiger charge is -2.05. The minimum absolute atomic E-state index is 0.0389. The van der Waals surface area contributed by atoms with Crippen molar-refractivity contribution in [2.45, 2.75) is 12.8 Å². The van der Waals surface area contributed by atoms with Gasteiger partial charge in [0.15, 0.2) is 0 Å². The maximum Gasteiger partial charge on any atom is 0.332 e. The van der Waals surface area contributed by atoms with E-state index in [2.05, 4.69) is 9.47 Å². The molecule has 94 valence electrons. The molecular formula is C10H18O6. The summed E-state index contributed by atoms with van der Waals surface area (Å²) in [5.74, 6) is -0.780. The Hall–Kier alpha value is -1.14. The molecule has 0 N–H and O–H groups in total. The summed E-state index contributed by atoms with van der Waals surface area (Å²) >= 11 is 0. The van der Waals surface area contributed by atoms with E-state index >= 15 is 0 Å². The van der Waals surface area contributed by atoms with Crippen molar-refractivity contribution < 1.29 is 28.5 Å². The molecule has 0 aliphatic carbocycles. The number of ether oxygens (including phenoxy) is 4. The standard InChI is InChI=1S/C10H18O6/c1-13-7-9(11)15-5-3-4-6-16-10(12)8-14-2/h3-8H2,1-2H3. The van der Waals surface area contributed by atoms with Gasteiger partial charge in [0.25, 0.3) is 0 Å². The van der Waals surface area contributed by atoms with Crippen molar-refractivity contribution in [2.75, 3.05) is 40.6 Å². The average molecular weight is 234 g/mol. The molecular weight excluding hydrogens is 216 g/mol. The van der Waals surface area contributed by atoms with Crippen LogP contribution in [-0.4, -0.2) is 52.6 Å². The Morgan fingerprint density at radius 3 is 1.50 bits per heavy atom. The molecule has 0 fully saturated rings. The molecule has 0 radical (unpaired) electrons. The summed E-state index contributed by atoms with van der Waals surface area (Å²) in [6.07, 6.45) is 1.30. The fourth-order valence-electron chi connectivity index (χ4n) is 0.895. The molecule has 0 aliphatic rings. The first-order valence-corrected chi connectivity index (χ1v) is 4.99. The molecule has 0 saturated carbocycles. The summed E-state index contributed by atoms with van der Waals surface area (Å²) in [5, 5.41) is 0. The van der Waals surface area contributed by atoms with Crippen LogP contribution in [0.15, 0.2) is 0 Å². The zero-order valence-electron chi connectivity index (χ0n) is 9.69. The van der Waals surface area contributed by atoms with Gasteiger partial charge in [0.1, 0.15) is 13.2 Å². The summed E-state index contributed by atoms with van der Waals surface area (Å²) in [4.78, 5) is 21.6. The normalized spacial score (nSPS) is 9.88. The SMILES string of the molecule is COCC(=O)OCCCCOC(=O)COC. The van der Waals surface area contributed by atoms with E-state index in [0.29, 0.717) is 26.1 Å². The summed E-state index contributed by atoms with van der Waals surface area (Å²) in [6.45, 7) is 0.541. The first-order valence-electron chi connectivity index (χ1n) is 4.99. The van der Waals surface area contributed by atoms with Gasteiger partial charge >= 0.3 is 11.9 Å². The first kappa shape index (κ1) is 14.9. The lowest BCUT2D eigenvalue weighted by atomic mass is 10.3. The zero-order valence-corrected chi connectivity index (χ0v) is 9.69. The fraction of sp³-hybridized carbons (Fsp3) is 0.800. The van der Waals surface area contributed by atoms with Crippen molar-refractivity contribution in [3.05, 3.63) is 0 Å². The highest BCUT2D eigenvalue weighted by Crippen LogP contribution is 1.93. The molecule has 6 nitrogen and oxygen atoms in total. The zero-order chi connectivity index (χ0) is 12.2. The maximum absolute atomic E-state index is 10.8. The van der Waals surface area contributed by atoms with Crippen LogP contribution >= 0.6 is 0 Å². The molecule has 0 spiro atoms. The number of carbonyl (C=O) groups excluding carboxylic acids is 2. The second-order valence-corrected chi connectivity index (χ2v) is 3.01. The number of hydrogen-bond donors (Lipinski definition) is 0. The third-order valence-electron chi connectivity index (χ3n) is 1.59. The topological polar surface area (TPSA) is 71.1 Å². The quantitative estimate of drug-likeness (QED) is 0.417. The molecule has 0 rings (SSSR count). The van der Waals surface area contributed by atoms with Gasteiger partial charge in [-0.25, -0.2) is 9.59 Å². The number of carbonyl (C=O) groups is 2. The van der Waals surface area contributed by atoms with E-state index in [4.69, 9.17) is 9.47 Å². The fourth-order valence-corrected chi connectivity index (χ4v) is 0.895. The van der Waals surface area contributed by atoms with Crippen LogP contribution in [0.1, 0.15) is 12.8 Å². The van der Waals surface area contributed by atoms with Crippen molar-refractivity contribution in [1.82, 2.24) is 0 Å². The Morgan fingerprint density at radius 2 is 1.19 bits per heavy atom. The number of rotatable bonds is 9. The minimum atomic E-state index is -0.390. The van der Waals surface area contributed by atoms with E-state index in [-0.39, 0.29) is 25.2 Å². The largest absolute Gasteiger partial charge is 0.464 e. The second kappa shape index (κ2) is 10.4. The van der Waals surface area contributed by atoms with E-state index in [1.807, 2.05) is 0 Å². The highest BCUT2D eigenvalue weighted by atomic mass is 16.6. The van der Waals surface area contributed by atoms with Crippen molar-refractivity contribution in [1.29, 1.82) is 0 Å². The van der Waals surface area contributed by atoms with Crippen LogP contribution in [-0.2, 0) is 28.5 Å². The summed E-state index contributed by atoms with van der Waals surface area (Å²) in [5.41, 5.74) is 0. The number of methoxy groups -OCH3 is 2. The maximum atomic E-state index is 10.8. The predicted octanol–water partition coefficient (Wildman–Crippen LogP) is 0.146. The third kappa shape index (κ3) is 9.42. The minimum Gasteiger partial charge on any atom is -0.464 e. The summed E-state index contributed by atoms with van der Waals surface area (Å²) in [6, 6.07) is 0. The first-order chi connectivity index (χ1) is 7.70. The van der Waals surface area contributed by atoms with Crippen molar-refractivity contribution >= 4 is 11.9 Å². The van der Waals surface area contributed by atoms with Crippen LogP contribution in [0.4, 0.5) is 0 Å². The van der Waals surface area contributed by atoms with Crippen LogP contribution in [0.2, 0.25) is 0 Å². The molecule has 16 heavy (non-hydrogen) atoms. The Kier molecular flexibility index (Phi) is 9.64. The Balaban J connectivity index is 3.21. The van der Waals surface area contributed by atoms with Crippen LogP contribution in [0.5, 0.6) is 0 Å². The van der Waals surface area contributed by atoms with Gasteiger partial charge in [-0.05, 0) is 12.8 Å². The van der Waals surface area contributed by atoms with Gasteiger partial charge in [-0.1, -0.05) is 0 Å². The Labute approximate surface area is 94.8 Å². The Morgan fingerprint density at radius 1 is 0.812 bits per heavy atom. The molecule has 0 amide bonds. The van der Waals surface area contributed by atoms with E-state index < -0.39 is 0 Å². The molecule has 0 saturated heterocycles. The average Bonchev–Trinajstić information content (AvgIpc) is 2.24. The molecule has 0 unspecified atom stereocenters. The summed E-state index contributed by atoms with van der Waals surface area (Å²) < 4.78 is 18.8. The third-order valence-corrected chi connectivity index (χ3v) is 1.59. The molecule has 6 heteroatoms. The monoisotopic (exact) mass is 234 g/mol. The van der Waals surface area contributed by atoms with Crippen LogP contribution in [0.25, 0.3) is 0 Å². The van der Waals surface area contributed by atoms with Gasteiger partial charge in [-0.3, -0.25) is 0 Å². The Bertz CT molecular complexity index is 181. The molecule has 0 bridgehead atoms. The van der Waals surface area contributed by atoms with Gasteiger partial charge in [0.05, 0.1) is 13.2 Å². The summed E-state index contributed by atoms with van der Waals surface area (Å²) in [7, 11) is 2.85. The van der Waals surface area contributed by atoms with Gasteiger partial charge in [-0.15, -0.1) is 0 Å². The number of unbranched alkanes of at least 4 members (excludes halogenated alkanes) is 1. The molecule has 0 atom stereocenters. The second-order valence-electron chi connectivity index (χ2n) is 3.01. The van der Waals surface area contributed by atoms with Gasteiger partial charge in [0, 0.05) is 14.2 Å². The van der Waals surface area contributed by atoms with E-state index in [0.717, 1.165) is 0 Å². The lowest BCUT2D eigenvalue weighted by Crippen LogP contribution is -2.14. The van der Waals surface area contributed by atoms with E-state index in [9.17, 15) is 9.59 Å². The van der Waals surface area contributed by atoms with E-state index in [1.54, 1.807) is 0 Å². The van der Waals surface area contributed by atoms with Gasteiger partial charge in [-0.2, -0.15) is 0 Å². The van der Waals surface area contributed by atoms with Crippen LogP contribution in [0, 0.1) is 0 Å². The number of hydrogen-bond acceptors (Lipinski definition) is 6. The highest BCUT2D eigenvalue weighted by molar-refractivity contribution is 5.70. The van der Waals surface area contributed by atoms with Gasteiger partial charge < -0.3 is 18.9 Å². The van der Waals surface area contributed by atoms with Crippen LogP contribution < -0.4 is 0 Å². The smallest absolute Gasteiger partial charge is 0.332 e. The van der Waals surface area contributed by atoms with Crippen molar-refractivity contribution in [2.24, 2.45) is 0 Å². The molecule has 0 aromatic rings. The molecule has 0 aromatic carbocycles. The lowest BCUT2D eigenvalue weighted by molar-refractivity contribution is -0.150. The highest BCUT2D eigenvalue weighted by Gasteiger charge is 2.02. The molecule has 0 aromatic heterocycles. The predicted molar refractivity (Wildman–Crippen MR) is 54.9 cm³/mol. The number of esters is 2.